The first-order chi connectivity index (χ1) is 17.0. The van der Waals surface area contributed by atoms with Gasteiger partial charge in [0.2, 0.25) is 0 Å². The predicted octanol–water partition coefficient (Wildman–Crippen LogP) is 6.28. The Kier molecular flexibility index (Phi) is 6.45. The van der Waals surface area contributed by atoms with Crippen LogP contribution in [0.15, 0.2) is 76.0 Å². The number of para-hydroxylation sites is 1. The number of amides is 1. The highest BCUT2D eigenvalue weighted by Crippen LogP contribution is 2.38. The van der Waals surface area contributed by atoms with Gasteiger partial charge in [-0.3, -0.25) is 4.79 Å². The number of benzene rings is 3. The summed E-state index contributed by atoms with van der Waals surface area (Å²) in [4.78, 5) is 24.8. The van der Waals surface area contributed by atoms with Crippen LogP contribution in [0.3, 0.4) is 0 Å². The van der Waals surface area contributed by atoms with Crippen LogP contribution < -0.4 is 5.01 Å². The van der Waals surface area contributed by atoms with Crippen LogP contribution in [-0.2, 0) is 4.79 Å². The Bertz CT molecular complexity index is 1400. The number of phenols is 1. The van der Waals surface area contributed by atoms with Gasteiger partial charge in [-0.05, 0) is 60.9 Å². The van der Waals surface area contributed by atoms with Crippen LogP contribution in [0.25, 0.3) is 11.1 Å². The summed E-state index contributed by atoms with van der Waals surface area (Å²) in [7, 11) is 0. The van der Waals surface area contributed by atoms with Crippen molar-refractivity contribution in [2.45, 2.75) is 40.7 Å². The van der Waals surface area contributed by atoms with Gasteiger partial charge >= 0.3 is 5.97 Å². The molecule has 8 heteroatoms. The van der Waals surface area contributed by atoms with Crippen molar-refractivity contribution in [3.8, 4) is 16.9 Å². The third-order valence-corrected chi connectivity index (χ3v) is 5.85. The topological polar surface area (TPSA) is 115 Å². The second kappa shape index (κ2) is 9.37. The molecule has 0 bridgehead atoms. The van der Waals surface area contributed by atoms with Gasteiger partial charge in [-0.25, -0.2) is 4.79 Å². The van der Waals surface area contributed by atoms with Crippen molar-refractivity contribution in [3.63, 3.8) is 0 Å². The van der Waals surface area contributed by atoms with Crippen molar-refractivity contribution >= 4 is 29.0 Å². The lowest BCUT2D eigenvalue weighted by Gasteiger charge is -2.19. The Morgan fingerprint density at radius 3 is 2.31 bits per heavy atom. The van der Waals surface area contributed by atoms with E-state index in [1.807, 2.05) is 52.8 Å². The van der Waals surface area contributed by atoms with Gasteiger partial charge in [0.05, 0.1) is 17.0 Å². The lowest BCUT2D eigenvalue weighted by atomic mass is 9.86. The van der Waals surface area contributed by atoms with Gasteiger partial charge < -0.3 is 10.2 Å². The maximum atomic E-state index is 13.4. The molecule has 0 fully saturated rings. The zero-order valence-corrected chi connectivity index (χ0v) is 20.9. The summed E-state index contributed by atoms with van der Waals surface area (Å²) in [6, 6.07) is 16.1. The van der Waals surface area contributed by atoms with Crippen LogP contribution in [0.2, 0.25) is 0 Å². The zero-order valence-electron chi connectivity index (χ0n) is 20.9. The maximum absolute atomic E-state index is 13.4. The summed E-state index contributed by atoms with van der Waals surface area (Å²) < 4.78 is 0. The number of rotatable bonds is 5. The number of hydrogen-bond donors (Lipinski definition) is 2. The van der Waals surface area contributed by atoms with Gasteiger partial charge in [0.25, 0.3) is 5.91 Å². The zero-order chi connectivity index (χ0) is 26.2. The van der Waals surface area contributed by atoms with E-state index in [2.05, 4.69) is 15.3 Å². The second-order valence-electron chi connectivity index (χ2n) is 9.91. The number of aromatic hydroxyl groups is 1. The van der Waals surface area contributed by atoms with Crippen molar-refractivity contribution in [3.05, 3.63) is 77.4 Å². The Hall–Kier alpha value is -4.33. The minimum Gasteiger partial charge on any atom is -0.505 e. The number of phenolic OH excluding ortho intramolecular Hbond substituents is 1. The molecule has 184 valence electrons. The first-order valence-electron chi connectivity index (χ1n) is 11.5. The number of carboxylic acid groups (broad SMARTS) is 1. The van der Waals surface area contributed by atoms with Gasteiger partial charge in [-0.1, -0.05) is 51.1 Å². The molecule has 0 aromatic heterocycles. The first kappa shape index (κ1) is 24.8. The minimum absolute atomic E-state index is 0.105. The maximum Gasteiger partial charge on any atom is 0.335 e. The van der Waals surface area contributed by atoms with Gasteiger partial charge in [-0.2, -0.15) is 20.3 Å². The van der Waals surface area contributed by atoms with Crippen molar-refractivity contribution in [1.82, 2.24) is 0 Å². The average molecular weight is 485 g/mol. The molecule has 3 aromatic rings. The second-order valence-corrected chi connectivity index (χ2v) is 9.91. The van der Waals surface area contributed by atoms with Crippen LogP contribution in [0.5, 0.6) is 5.75 Å². The van der Waals surface area contributed by atoms with Gasteiger partial charge in [0.1, 0.15) is 5.69 Å². The monoisotopic (exact) mass is 484 g/mol. The van der Waals surface area contributed by atoms with Crippen LogP contribution in [-0.4, -0.2) is 33.8 Å². The summed E-state index contributed by atoms with van der Waals surface area (Å²) in [5.41, 5.74) is 4.03. The lowest BCUT2D eigenvalue weighted by molar-refractivity contribution is -0.117. The molecule has 1 aliphatic rings. The average Bonchev–Trinajstić information content (AvgIpc) is 3.14. The van der Waals surface area contributed by atoms with E-state index in [0.29, 0.717) is 22.5 Å². The molecule has 0 aliphatic carbocycles. The van der Waals surface area contributed by atoms with Gasteiger partial charge in [0, 0.05) is 11.0 Å². The molecule has 0 radical (unpaired) electrons. The fourth-order valence-electron chi connectivity index (χ4n) is 4.15. The van der Waals surface area contributed by atoms with E-state index in [4.69, 9.17) is 0 Å². The molecule has 1 amide bonds. The van der Waals surface area contributed by atoms with Crippen molar-refractivity contribution in [1.29, 1.82) is 0 Å². The third kappa shape index (κ3) is 4.88. The number of hydrogen-bond acceptors (Lipinski definition) is 6. The predicted molar refractivity (Wildman–Crippen MR) is 139 cm³/mol. The smallest absolute Gasteiger partial charge is 0.335 e. The minimum atomic E-state index is -1.06. The number of carboxylic acids is 1. The molecule has 2 N–H and O–H groups in total. The summed E-state index contributed by atoms with van der Waals surface area (Å²) >= 11 is 0. The highest BCUT2D eigenvalue weighted by molar-refractivity contribution is 6.20. The summed E-state index contributed by atoms with van der Waals surface area (Å²) in [6.07, 6.45) is 0. The van der Waals surface area contributed by atoms with Gasteiger partial charge in [0.15, 0.2) is 11.8 Å². The van der Waals surface area contributed by atoms with E-state index in [1.165, 1.54) is 17.1 Å². The number of hydrazone groups is 1. The Balaban J connectivity index is 1.70. The SMILES string of the molecule is Cc1cc(C)cc(N2N=C(C(C)(C)C)C(N=Nc3cccc(-c4cccc(C(=O)O)c4)c3O)C2=O)c1. The fraction of sp³-hybridized carbons (Fsp3) is 0.250. The van der Waals surface area contributed by atoms with Crippen LogP contribution in [0, 0.1) is 19.3 Å². The van der Waals surface area contributed by atoms with E-state index in [1.54, 1.807) is 30.3 Å². The van der Waals surface area contributed by atoms with Crippen molar-refractivity contribution in [2.24, 2.45) is 20.7 Å². The molecule has 4 rings (SSSR count). The molecule has 1 heterocycles. The highest BCUT2D eigenvalue weighted by atomic mass is 16.4. The molecule has 0 spiro atoms. The van der Waals surface area contributed by atoms with E-state index in [0.717, 1.165) is 11.1 Å². The molecule has 0 saturated carbocycles. The number of azo groups is 1. The van der Waals surface area contributed by atoms with E-state index in [-0.39, 0.29) is 22.9 Å². The molecule has 1 atom stereocenters. The van der Waals surface area contributed by atoms with Crippen LogP contribution in [0.4, 0.5) is 11.4 Å². The summed E-state index contributed by atoms with van der Waals surface area (Å²) in [5.74, 6) is -1.54. The molecular weight excluding hydrogens is 456 g/mol. The number of anilines is 1. The Morgan fingerprint density at radius 1 is 1.00 bits per heavy atom. The molecule has 1 aliphatic heterocycles. The standard InChI is InChI=1S/C28H28N4O4/c1-16-12-17(2)14-20(13-16)32-26(34)23(25(31-32)28(3,4)5)30-29-22-11-7-10-21(24(22)33)18-8-6-9-19(15-18)27(35)36/h6-15,23,33H,1-5H3,(H,35,36). The molecule has 1 unspecified atom stereocenters. The highest BCUT2D eigenvalue weighted by Gasteiger charge is 2.42. The summed E-state index contributed by atoms with van der Waals surface area (Å²) in [6.45, 7) is 9.80. The van der Waals surface area contributed by atoms with Gasteiger partial charge in [-0.15, -0.1) is 0 Å². The molecule has 3 aromatic carbocycles. The Labute approximate surface area is 209 Å². The lowest BCUT2D eigenvalue weighted by Crippen LogP contribution is -2.35. The Morgan fingerprint density at radius 2 is 1.67 bits per heavy atom. The number of nitrogens with zero attached hydrogens (tertiary/aromatic N) is 4. The van der Waals surface area contributed by atoms with E-state index >= 15 is 0 Å². The molecular formula is C28H28N4O4. The largest absolute Gasteiger partial charge is 0.505 e. The first-order valence-corrected chi connectivity index (χ1v) is 11.5. The quantitative estimate of drug-likeness (QED) is 0.415. The van der Waals surface area contributed by atoms with Crippen LogP contribution in [0.1, 0.15) is 42.3 Å². The normalized spacial score (nSPS) is 16.0. The molecule has 8 nitrogen and oxygen atoms in total. The van der Waals surface area contributed by atoms with E-state index in [9.17, 15) is 19.8 Å². The van der Waals surface area contributed by atoms with Crippen LogP contribution >= 0.6 is 0 Å². The summed E-state index contributed by atoms with van der Waals surface area (Å²) in [5, 5.41) is 34.8. The number of carbonyl (C=O) groups excluding carboxylic acids is 1. The molecule has 0 saturated heterocycles. The third-order valence-electron chi connectivity index (χ3n) is 5.85. The fourth-order valence-corrected chi connectivity index (χ4v) is 4.15. The number of aryl methyl sites for hydroxylation is 2. The number of carbonyl (C=O) groups is 2. The van der Waals surface area contributed by atoms with Crippen molar-refractivity contribution in [2.75, 3.05) is 5.01 Å². The van der Waals surface area contributed by atoms with Crippen molar-refractivity contribution < 1.29 is 19.8 Å². The van der Waals surface area contributed by atoms with E-state index < -0.39 is 17.4 Å². The molecule has 36 heavy (non-hydrogen) atoms. The number of aromatic carboxylic acids is 1.